The van der Waals surface area contributed by atoms with Crippen molar-refractivity contribution in [3.05, 3.63) is 113 Å². The molecule has 0 aliphatic carbocycles. The first kappa shape index (κ1) is 21.0. The third-order valence-corrected chi connectivity index (χ3v) is 7.32. The average molecular weight is 473 g/mol. The third-order valence-electron chi connectivity index (χ3n) is 5.98. The Morgan fingerprint density at radius 3 is 2.29 bits per heavy atom. The molecule has 5 heteroatoms. The Hall–Kier alpha value is -3.57. The second-order valence-electron chi connectivity index (χ2n) is 8.23. The summed E-state index contributed by atoms with van der Waals surface area (Å²) < 4.78 is 20.1. The predicted molar refractivity (Wildman–Crippen MR) is 135 cm³/mol. The number of aromatic hydroxyl groups is 2. The van der Waals surface area contributed by atoms with Crippen molar-refractivity contribution >= 4 is 11.8 Å². The summed E-state index contributed by atoms with van der Waals surface area (Å²) in [6.07, 6.45) is 0.502. The third kappa shape index (κ3) is 4.57. The van der Waals surface area contributed by atoms with Gasteiger partial charge in [0.2, 0.25) is 0 Å². The lowest BCUT2D eigenvalue weighted by atomic mass is 9.99. The van der Waals surface area contributed by atoms with Crippen LogP contribution in [0.4, 0.5) is 0 Å². The van der Waals surface area contributed by atoms with Gasteiger partial charge in [0.1, 0.15) is 35.7 Å². The predicted octanol–water partition coefficient (Wildman–Crippen LogP) is 7.21. The van der Waals surface area contributed by atoms with E-state index in [2.05, 4.69) is 30.2 Å². The van der Waals surface area contributed by atoms with Gasteiger partial charge in [0.05, 0.1) is 10.1 Å². The summed E-state index contributed by atoms with van der Waals surface area (Å²) in [5.74, 6) is 2.39. The minimum atomic E-state index is -0.273. The van der Waals surface area contributed by atoms with Gasteiger partial charge in [-0.15, -0.1) is 11.8 Å². The van der Waals surface area contributed by atoms with Gasteiger partial charge in [0.15, 0.2) is 0 Å². The molecule has 2 atom stereocenters. The molecule has 172 valence electrons. The maximum Gasteiger partial charge on any atom is 0.293 e. The normalized spacial score (nSPS) is 17.3. The van der Waals surface area contributed by atoms with Gasteiger partial charge in [-0.2, -0.15) is 0 Å². The van der Waals surface area contributed by atoms with E-state index >= 15 is 0 Å². The number of ether oxygens (including phenoxy) is 2. The monoisotopic (exact) mass is 472 g/mol. The highest BCUT2D eigenvalue weighted by molar-refractivity contribution is 7.99. The largest absolute Gasteiger partial charge is 0.508 e. The van der Waals surface area contributed by atoms with Gasteiger partial charge < -0.3 is 19.7 Å². The van der Waals surface area contributed by atoms with Crippen LogP contribution in [0.15, 0.2) is 95.9 Å². The fourth-order valence-corrected chi connectivity index (χ4v) is 5.54. The fraction of sp³-hybridized carbons (Fsp3) is 0.172. The van der Waals surface area contributed by atoms with Crippen molar-refractivity contribution in [2.45, 2.75) is 36.2 Å². The van der Waals surface area contributed by atoms with Crippen LogP contribution in [-0.4, -0.2) is 11.6 Å². The molecule has 1 heterocycles. The summed E-state index contributed by atoms with van der Waals surface area (Å²) in [6.45, 7) is 2.61. The van der Waals surface area contributed by atoms with Gasteiger partial charge in [0, 0.05) is 5.56 Å². The van der Waals surface area contributed by atoms with Crippen molar-refractivity contribution in [1.29, 1.82) is 1.43 Å². The molecule has 0 amide bonds. The van der Waals surface area contributed by atoms with E-state index in [1.807, 2.05) is 48.5 Å². The number of fused-ring (bicyclic) bond motifs is 1. The molecule has 4 aromatic carbocycles. The molecule has 0 spiro atoms. The second-order valence-corrected chi connectivity index (χ2v) is 9.42. The number of thioether (sulfide) groups is 1. The van der Waals surface area contributed by atoms with E-state index in [0.717, 1.165) is 45.1 Å². The molecular formula is C29H26O4S. The molecule has 0 radical (unpaired) electrons. The van der Waals surface area contributed by atoms with Crippen molar-refractivity contribution in [3.63, 3.8) is 0 Å². The van der Waals surface area contributed by atoms with Gasteiger partial charge in [-0.1, -0.05) is 61.5 Å². The molecule has 1 aliphatic heterocycles. The molecule has 0 unspecified atom stereocenters. The van der Waals surface area contributed by atoms with Crippen molar-refractivity contribution < 1.29 is 19.7 Å². The number of phenolic OH excluding ortho intramolecular Hbond substituents is 2. The smallest absolute Gasteiger partial charge is 0.293 e. The molecule has 0 fully saturated rings. The molecular weight excluding hydrogens is 444 g/mol. The Balaban J connectivity index is 1.51. The van der Waals surface area contributed by atoms with Crippen LogP contribution in [-0.2, 0) is 13.0 Å². The second kappa shape index (κ2) is 9.74. The van der Waals surface area contributed by atoms with Gasteiger partial charge in [0.25, 0.3) is 1.43 Å². The van der Waals surface area contributed by atoms with Crippen LogP contribution < -0.4 is 9.47 Å². The molecule has 0 saturated heterocycles. The van der Waals surface area contributed by atoms with E-state index < -0.39 is 0 Å². The Kier molecular flexibility index (Phi) is 6.01. The first-order valence-electron chi connectivity index (χ1n) is 11.7. The zero-order valence-corrected chi connectivity index (χ0v) is 19.6. The Labute approximate surface area is 205 Å². The number of rotatable bonds is 7. The van der Waals surface area contributed by atoms with E-state index in [1.165, 1.54) is 0 Å². The Morgan fingerprint density at radius 2 is 1.59 bits per heavy atom. The minimum Gasteiger partial charge on any atom is -0.508 e. The van der Waals surface area contributed by atoms with Gasteiger partial charge in [-0.3, -0.25) is 0 Å². The molecule has 4 nitrogen and oxygen atoms in total. The SMILES string of the molecule is [3H]Oc1ccc([C@@H]2Sc3ccc(OCc4ccccc4)c(CC)c3O[C@@H]2c2ccc(O)cc2)cc1. The van der Waals surface area contributed by atoms with Crippen LogP contribution in [0.25, 0.3) is 0 Å². The van der Waals surface area contributed by atoms with E-state index in [-0.39, 0.29) is 17.1 Å². The molecule has 34 heavy (non-hydrogen) atoms. The number of hydrogen-bond acceptors (Lipinski definition) is 5. The minimum absolute atomic E-state index is 0.0207. The lowest BCUT2D eigenvalue weighted by Gasteiger charge is -2.35. The molecule has 5 rings (SSSR count). The quantitative estimate of drug-likeness (QED) is 0.298. The maximum absolute atomic E-state index is 9.83. The van der Waals surface area contributed by atoms with Crippen molar-refractivity contribution in [2.24, 2.45) is 0 Å². The van der Waals surface area contributed by atoms with Gasteiger partial charge >= 0.3 is 0 Å². The number of benzene rings is 4. The van der Waals surface area contributed by atoms with Crippen molar-refractivity contribution in [1.82, 2.24) is 0 Å². The molecule has 2 N–H and O–H groups in total. The average Bonchev–Trinajstić information content (AvgIpc) is 2.92. The Bertz CT molecular complexity index is 1280. The van der Waals surface area contributed by atoms with E-state index in [0.29, 0.717) is 12.4 Å². The van der Waals surface area contributed by atoms with Crippen molar-refractivity contribution in [2.75, 3.05) is 0 Å². The molecule has 0 aromatic heterocycles. The maximum atomic E-state index is 9.83. The summed E-state index contributed by atoms with van der Waals surface area (Å²) in [4.78, 5) is 1.06. The summed E-state index contributed by atoms with van der Waals surface area (Å²) in [5, 5.41) is 14.4. The highest BCUT2D eigenvalue weighted by atomic mass is 32.2. The number of phenols is 2. The summed E-state index contributed by atoms with van der Waals surface area (Å²) in [7, 11) is 0. The van der Waals surface area contributed by atoms with Gasteiger partial charge in [-0.05, 0) is 59.5 Å². The Morgan fingerprint density at radius 1 is 0.882 bits per heavy atom. The molecule has 1 aliphatic rings. The van der Waals surface area contributed by atoms with Crippen molar-refractivity contribution in [3.8, 4) is 23.0 Å². The highest BCUT2D eigenvalue weighted by Crippen LogP contribution is 2.55. The zero-order chi connectivity index (χ0) is 24.2. The van der Waals surface area contributed by atoms with Crippen LogP contribution >= 0.6 is 11.8 Å². The fourth-order valence-electron chi connectivity index (χ4n) is 4.21. The zero-order valence-electron chi connectivity index (χ0n) is 19.8. The topological polar surface area (TPSA) is 58.9 Å². The molecule has 4 aromatic rings. The first-order chi connectivity index (χ1) is 17.2. The molecule has 0 saturated carbocycles. The first-order valence-corrected chi connectivity index (χ1v) is 12.2. The molecule has 0 bridgehead atoms. The number of hydrogen-bond donors (Lipinski definition) is 2. The van der Waals surface area contributed by atoms with Gasteiger partial charge in [-0.25, -0.2) is 0 Å². The lowest BCUT2D eigenvalue weighted by molar-refractivity contribution is 0.186. The summed E-state index contributed by atoms with van der Waals surface area (Å²) in [5.41, 5.74) is 4.21. The van der Waals surface area contributed by atoms with Crippen LogP contribution in [0.5, 0.6) is 23.0 Å². The van der Waals surface area contributed by atoms with E-state index in [4.69, 9.17) is 10.9 Å². The standard InChI is InChI=1S/C29H26O4S/c1-2-24-25(32-18-19-6-4-3-5-7-19)16-17-26-28(24)33-27(20-8-12-22(30)13-9-20)29(34-26)21-10-14-23(31)15-11-21/h3-17,27,29-31H,2,18H2,1H3/t27-,29+/m1/s1/i/hT. The highest BCUT2D eigenvalue weighted by Gasteiger charge is 2.35. The van der Waals surface area contributed by atoms with E-state index in [9.17, 15) is 5.11 Å². The van der Waals surface area contributed by atoms with Crippen LogP contribution in [0.2, 0.25) is 0 Å². The lowest BCUT2D eigenvalue weighted by Crippen LogP contribution is -2.20. The van der Waals surface area contributed by atoms with Crippen LogP contribution in [0.1, 0.15) is 40.5 Å². The summed E-state index contributed by atoms with van der Waals surface area (Å²) in [6, 6.07) is 29.0. The van der Waals surface area contributed by atoms with Crippen LogP contribution in [0, 0.1) is 0 Å². The summed E-state index contributed by atoms with van der Waals surface area (Å²) >= 11 is 1.75. The van der Waals surface area contributed by atoms with E-state index in [1.54, 1.807) is 36.0 Å². The van der Waals surface area contributed by atoms with Crippen LogP contribution in [0.3, 0.4) is 0 Å².